The summed E-state index contributed by atoms with van der Waals surface area (Å²) in [6, 6.07) is 0. The summed E-state index contributed by atoms with van der Waals surface area (Å²) in [5.41, 5.74) is 0.881. The molecule has 0 spiro atoms. The first-order chi connectivity index (χ1) is 12.0. The molecule has 0 radical (unpaired) electrons. The first kappa shape index (κ1) is 16.8. The average Bonchev–Trinajstić information content (AvgIpc) is 2.96. The van der Waals surface area contributed by atoms with Crippen LogP contribution in [0, 0.1) is 18.8 Å². The molecule has 0 saturated carbocycles. The van der Waals surface area contributed by atoms with Gasteiger partial charge in [-0.3, -0.25) is 4.79 Å². The van der Waals surface area contributed by atoms with Gasteiger partial charge in [-0.2, -0.15) is 0 Å². The molecule has 1 aliphatic carbocycles. The summed E-state index contributed by atoms with van der Waals surface area (Å²) in [6.45, 7) is 6.92. The Morgan fingerprint density at radius 2 is 2.16 bits per heavy atom. The molecule has 2 saturated heterocycles. The summed E-state index contributed by atoms with van der Waals surface area (Å²) in [5.74, 6) is 1.09. The third-order valence-corrected chi connectivity index (χ3v) is 6.06. The van der Waals surface area contributed by atoms with E-state index in [2.05, 4.69) is 41.7 Å². The highest BCUT2D eigenvalue weighted by Gasteiger charge is 2.62. The summed E-state index contributed by atoms with van der Waals surface area (Å²) < 4.78 is 14.0. The number of aromatic nitrogens is 2. The lowest BCUT2D eigenvalue weighted by atomic mass is 9.81. The van der Waals surface area contributed by atoms with Crippen molar-refractivity contribution >= 4 is 5.97 Å². The minimum atomic E-state index is -0.125. The number of esters is 1. The van der Waals surface area contributed by atoms with E-state index in [1.165, 1.54) is 0 Å². The van der Waals surface area contributed by atoms with E-state index in [1.54, 1.807) is 0 Å². The Morgan fingerprint density at radius 1 is 1.36 bits per heavy atom. The molecule has 2 aliphatic heterocycles. The number of allylic oxidation sites excluding steroid dienone is 2. The Bertz CT molecular complexity index is 695. The number of ether oxygens (including phenoxy) is 2. The first-order valence-electron chi connectivity index (χ1n) is 9.58. The van der Waals surface area contributed by atoms with Crippen molar-refractivity contribution in [3.8, 4) is 0 Å². The topological polar surface area (TPSA) is 56.7 Å². The minimum Gasteiger partial charge on any atom is -0.459 e. The third-order valence-electron chi connectivity index (χ3n) is 6.06. The lowest BCUT2D eigenvalue weighted by molar-refractivity contribution is -0.145. The monoisotopic (exact) mass is 344 g/mol. The lowest BCUT2D eigenvalue weighted by Crippen LogP contribution is -2.31. The van der Waals surface area contributed by atoms with E-state index < -0.39 is 0 Å². The second kappa shape index (κ2) is 6.27. The largest absolute Gasteiger partial charge is 0.459 e. The molecule has 5 heteroatoms. The fourth-order valence-corrected chi connectivity index (χ4v) is 4.59. The van der Waals surface area contributed by atoms with Crippen molar-refractivity contribution in [2.75, 3.05) is 0 Å². The third kappa shape index (κ3) is 3.03. The molecule has 4 rings (SSSR count). The Morgan fingerprint density at radius 3 is 2.96 bits per heavy atom. The summed E-state index contributed by atoms with van der Waals surface area (Å²) in [4.78, 5) is 17.3. The molecule has 0 bridgehead atoms. The van der Waals surface area contributed by atoms with Crippen LogP contribution in [-0.2, 0) is 27.2 Å². The molecule has 1 aromatic heterocycles. The number of imidazole rings is 1. The second-order valence-corrected chi connectivity index (χ2v) is 7.91. The van der Waals surface area contributed by atoms with Gasteiger partial charge in [0, 0.05) is 25.1 Å². The average molecular weight is 344 g/mol. The molecule has 5 atom stereocenters. The van der Waals surface area contributed by atoms with Crippen LogP contribution in [0.2, 0.25) is 0 Å². The van der Waals surface area contributed by atoms with Crippen LogP contribution in [0.1, 0.15) is 51.0 Å². The molecule has 2 fully saturated rings. The smallest absolute Gasteiger partial charge is 0.311 e. The van der Waals surface area contributed by atoms with Gasteiger partial charge in [-0.05, 0) is 39.5 Å². The van der Waals surface area contributed by atoms with Crippen LogP contribution in [0.15, 0.2) is 18.3 Å². The van der Waals surface area contributed by atoms with E-state index in [0.29, 0.717) is 6.54 Å². The summed E-state index contributed by atoms with van der Waals surface area (Å²) in [5, 5.41) is 0. The zero-order valence-corrected chi connectivity index (χ0v) is 15.4. The van der Waals surface area contributed by atoms with Gasteiger partial charge in [0.25, 0.3) is 0 Å². The van der Waals surface area contributed by atoms with E-state index in [4.69, 9.17) is 9.47 Å². The van der Waals surface area contributed by atoms with Gasteiger partial charge in [0.1, 0.15) is 18.0 Å². The van der Waals surface area contributed by atoms with E-state index in [0.717, 1.165) is 43.6 Å². The number of hydrogen-bond donors (Lipinski definition) is 0. The maximum atomic E-state index is 12.7. The molecular weight excluding hydrogens is 316 g/mol. The Balaban J connectivity index is 1.58. The van der Waals surface area contributed by atoms with Gasteiger partial charge in [0.15, 0.2) is 0 Å². The maximum Gasteiger partial charge on any atom is 0.311 e. The van der Waals surface area contributed by atoms with E-state index in [-0.39, 0.29) is 35.6 Å². The highest BCUT2D eigenvalue weighted by Crippen LogP contribution is 2.50. The fraction of sp³-hybridized carbons (Fsp3) is 0.700. The van der Waals surface area contributed by atoms with Crippen LogP contribution in [-0.4, -0.2) is 33.3 Å². The van der Waals surface area contributed by atoms with Crippen molar-refractivity contribution in [1.82, 2.24) is 9.55 Å². The van der Waals surface area contributed by atoms with Crippen molar-refractivity contribution in [1.29, 1.82) is 0 Å². The van der Waals surface area contributed by atoms with Crippen LogP contribution in [0.25, 0.3) is 0 Å². The predicted molar refractivity (Wildman–Crippen MR) is 94.1 cm³/mol. The number of nitrogens with zero attached hydrogens (tertiary/aromatic N) is 2. The maximum absolute atomic E-state index is 12.7. The molecular formula is C20H28N2O3. The van der Waals surface area contributed by atoms with Crippen LogP contribution in [0.3, 0.4) is 0 Å². The molecule has 1 aromatic rings. The standard InChI is InChI=1S/C20H28N2O3/c1-4-16-21-13(2)11-22(16)12-15-14-9-7-5-6-8-10-20(3)18(25-20)17(14)24-19(15)23/h5-6,11,14-15,17-18H,4,7-10,12H2,1-3H3/b6-5+/t14-,15-,17-,18+,20+/m0/s1. The molecule has 136 valence electrons. The van der Waals surface area contributed by atoms with Gasteiger partial charge in [-0.15, -0.1) is 0 Å². The molecule has 25 heavy (non-hydrogen) atoms. The van der Waals surface area contributed by atoms with E-state index >= 15 is 0 Å². The molecule has 3 aliphatic rings. The Hall–Kier alpha value is -1.62. The highest BCUT2D eigenvalue weighted by molar-refractivity contribution is 5.75. The van der Waals surface area contributed by atoms with Crippen molar-refractivity contribution < 1.29 is 14.3 Å². The Kier molecular flexibility index (Phi) is 4.22. The van der Waals surface area contributed by atoms with Crippen LogP contribution < -0.4 is 0 Å². The van der Waals surface area contributed by atoms with Crippen LogP contribution in [0.4, 0.5) is 0 Å². The van der Waals surface area contributed by atoms with Gasteiger partial charge >= 0.3 is 5.97 Å². The number of hydrogen-bond acceptors (Lipinski definition) is 4. The predicted octanol–water partition coefficient (Wildman–Crippen LogP) is 3.20. The fourth-order valence-electron chi connectivity index (χ4n) is 4.59. The number of carbonyl (C=O) groups excluding carboxylic acids is 1. The van der Waals surface area contributed by atoms with Crippen LogP contribution in [0.5, 0.6) is 0 Å². The van der Waals surface area contributed by atoms with E-state index in [9.17, 15) is 4.79 Å². The highest BCUT2D eigenvalue weighted by atomic mass is 16.6. The quantitative estimate of drug-likeness (QED) is 0.480. The normalized spacial score (nSPS) is 38.6. The minimum absolute atomic E-state index is 0.0631. The zero-order valence-electron chi connectivity index (χ0n) is 15.4. The molecule has 0 aromatic carbocycles. The molecule has 0 amide bonds. The van der Waals surface area contributed by atoms with Gasteiger partial charge in [-0.1, -0.05) is 19.1 Å². The summed E-state index contributed by atoms with van der Waals surface area (Å²) in [7, 11) is 0. The number of aryl methyl sites for hydroxylation is 2. The molecule has 3 heterocycles. The number of carbonyl (C=O) groups is 1. The van der Waals surface area contributed by atoms with Gasteiger partial charge in [0.05, 0.1) is 17.2 Å². The SMILES string of the molecule is CCc1nc(C)cn1C[C@@H]1C(=O)O[C@H]2[C@H]1CC/C=C/CC[C@@]1(C)O[C@H]21. The molecule has 0 N–H and O–H groups in total. The van der Waals surface area contributed by atoms with Gasteiger partial charge in [0.2, 0.25) is 0 Å². The molecule has 0 unspecified atom stereocenters. The van der Waals surface area contributed by atoms with E-state index in [1.807, 2.05) is 6.92 Å². The number of rotatable bonds is 3. The van der Waals surface area contributed by atoms with Gasteiger partial charge < -0.3 is 14.0 Å². The van der Waals surface area contributed by atoms with Crippen molar-refractivity contribution in [3.05, 3.63) is 29.9 Å². The molecule has 5 nitrogen and oxygen atoms in total. The zero-order chi connectivity index (χ0) is 17.6. The first-order valence-corrected chi connectivity index (χ1v) is 9.58. The number of fused-ring (bicyclic) bond motifs is 3. The second-order valence-electron chi connectivity index (χ2n) is 7.91. The summed E-state index contributed by atoms with van der Waals surface area (Å²) >= 11 is 0. The van der Waals surface area contributed by atoms with Crippen molar-refractivity contribution in [2.45, 2.75) is 77.2 Å². The Labute approximate surface area is 149 Å². The lowest BCUT2D eigenvalue weighted by Gasteiger charge is -2.21. The van der Waals surface area contributed by atoms with Crippen molar-refractivity contribution in [3.63, 3.8) is 0 Å². The van der Waals surface area contributed by atoms with Crippen molar-refractivity contribution in [2.24, 2.45) is 11.8 Å². The number of epoxide rings is 1. The van der Waals surface area contributed by atoms with Crippen LogP contribution >= 0.6 is 0 Å². The van der Waals surface area contributed by atoms with Gasteiger partial charge in [-0.25, -0.2) is 4.98 Å². The summed E-state index contributed by atoms with van der Waals surface area (Å²) in [6.07, 6.45) is 11.4.